The summed E-state index contributed by atoms with van der Waals surface area (Å²) in [6.45, 7) is -0.231. The first-order chi connectivity index (χ1) is 6.03. The number of halogens is 1. The molecule has 76 valence electrons. The van der Waals surface area contributed by atoms with Gasteiger partial charge in [-0.1, -0.05) is 0 Å². The summed E-state index contributed by atoms with van der Waals surface area (Å²) >= 11 is 5.11. The van der Waals surface area contributed by atoms with E-state index in [9.17, 15) is 13.2 Å². The minimum Gasteiger partial charge on any atom is -0.352 e. The molecule has 1 rings (SSSR count). The average Bonchev–Trinajstić information content (AvgIpc) is 2.85. The van der Waals surface area contributed by atoms with Crippen LogP contribution in [0.25, 0.3) is 0 Å². The van der Waals surface area contributed by atoms with Gasteiger partial charge < -0.3 is 5.32 Å². The van der Waals surface area contributed by atoms with Crippen molar-refractivity contribution < 1.29 is 13.2 Å². The molecule has 1 aliphatic rings. The van der Waals surface area contributed by atoms with Crippen LogP contribution in [0.4, 0.5) is 0 Å². The molecule has 5 nitrogen and oxygen atoms in total. The molecular weight excluding hydrogens is 216 g/mol. The third-order valence-corrected chi connectivity index (χ3v) is 3.27. The monoisotopic (exact) mass is 226 g/mol. The Morgan fingerprint density at radius 2 is 2.08 bits per heavy atom. The first-order valence-electron chi connectivity index (χ1n) is 3.86. The normalized spacial score (nSPS) is 17.0. The molecule has 0 saturated heterocycles. The molecule has 1 amide bonds. The van der Waals surface area contributed by atoms with Gasteiger partial charge in [0.1, 0.15) is 5.21 Å². The third kappa shape index (κ3) is 4.44. The molecule has 0 bridgehead atoms. The Hall–Kier alpha value is -0.330. The molecule has 0 radical (unpaired) electrons. The van der Waals surface area contributed by atoms with Crippen molar-refractivity contribution in [1.29, 1.82) is 0 Å². The van der Waals surface area contributed by atoms with Crippen LogP contribution in [0.15, 0.2) is 0 Å². The number of hydrogen-bond donors (Lipinski definition) is 2. The van der Waals surface area contributed by atoms with Gasteiger partial charge in [-0.05, 0) is 12.8 Å². The van der Waals surface area contributed by atoms with E-state index < -0.39 is 15.2 Å². The molecule has 0 aromatic heterocycles. The largest absolute Gasteiger partial charge is 0.352 e. The average molecular weight is 227 g/mol. The van der Waals surface area contributed by atoms with E-state index in [1.54, 1.807) is 0 Å². The quantitative estimate of drug-likeness (QED) is 0.614. The van der Waals surface area contributed by atoms with Crippen molar-refractivity contribution in [3.63, 3.8) is 0 Å². The molecule has 13 heavy (non-hydrogen) atoms. The van der Waals surface area contributed by atoms with Gasteiger partial charge in [0, 0.05) is 6.04 Å². The highest BCUT2D eigenvalue weighted by atomic mass is 35.5. The topological polar surface area (TPSA) is 75.3 Å². The lowest BCUT2D eigenvalue weighted by Crippen LogP contribution is -2.38. The van der Waals surface area contributed by atoms with Gasteiger partial charge >= 0.3 is 0 Å². The van der Waals surface area contributed by atoms with Crippen molar-refractivity contribution >= 4 is 27.5 Å². The van der Waals surface area contributed by atoms with Crippen molar-refractivity contribution in [2.45, 2.75) is 18.9 Å². The second-order valence-electron chi connectivity index (χ2n) is 2.89. The zero-order valence-electron chi connectivity index (χ0n) is 6.92. The van der Waals surface area contributed by atoms with Gasteiger partial charge in [-0.3, -0.25) is 4.79 Å². The molecule has 0 aliphatic heterocycles. The Morgan fingerprint density at radius 1 is 1.46 bits per heavy atom. The lowest BCUT2D eigenvalue weighted by atomic mass is 10.5. The van der Waals surface area contributed by atoms with E-state index in [4.69, 9.17) is 11.6 Å². The van der Waals surface area contributed by atoms with Crippen LogP contribution in [-0.2, 0) is 14.8 Å². The van der Waals surface area contributed by atoms with Crippen LogP contribution in [0.5, 0.6) is 0 Å². The smallest absolute Gasteiger partial charge is 0.235 e. The van der Waals surface area contributed by atoms with Crippen LogP contribution in [0.2, 0.25) is 0 Å². The minimum absolute atomic E-state index is 0.231. The summed E-state index contributed by atoms with van der Waals surface area (Å²) in [7, 11) is -3.48. The molecule has 2 N–H and O–H groups in total. The van der Waals surface area contributed by atoms with E-state index in [1.165, 1.54) is 0 Å². The number of carbonyl (C=O) groups excluding carboxylic acids is 1. The summed E-state index contributed by atoms with van der Waals surface area (Å²) in [5, 5.41) is 2.12. The standard InChI is InChI=1S/C6H11ClN2O3S/c7-4-13(11,12)8-3-6(10)9-5-1-2-5/h5,8H,1-4H2,(H,9,10). The summed E-state index contributed by atoms with van der Waals surface area (Å²) in [5.41, 5.74) is 0. The van der Waals surface area contributed by atoms with Crippen LogP contribution < -0.4 is 10.0 Å². The molecule has 0 aromatic rings. The fraction of sp³-hybridized carbons (Fsp3) is 0.833. The fourth-order valence-electron chi connectivity index (χ4n) is 0.720. The predicted molar refractivity (Wildman–Crippen MR) is 48.8 cm³/mol. The summed E-state index contributed by atoms with van der Waals surface area (Å²) in [4.78, 5) is 11.0. The zero-order valence-corrected chi connectivity index (χ0v) is 8.49. The van der Waals surface area contributed by atoms with Crippen molar-refractivity contribution in [2.75, 3.05) is 11.8 Å². The predicted octanol–water partition coefficient (Wildman–Crippen LogP) is -0.619. The molecular formula is C6H11ClN2O3S. The first kappa shape index (κ1) is 10.7. The highest BCUT2D eigenvalue weighted by Crippen LogP contribution is 2.18. The minimum atomic E-state index is -3.48. The number of carbonyl (C=O) groups is 1. The number of amides is 1. The maximum absolute atomic E-state index is 11.0. The van der Waals surface area contributed by atoms with Crippen LogP contribution >= 0.6 is 11.6 Å². The fourth-order valence-corrected chi connectivity index (χ4v) is 1.38. The Labute approximate surface area is 81.9 Å². The van der Waals surface area contributed by atoms with E-state index in [1.807, 2.05) is 0 Å². The number of rotatable bonds is 5. The van der Waals surface area contributed by atoms with Crippen LogP contribution in [0, 0.1) is 0 Å². The molecule has 0 atom stereocenters. The van der Waals surface area contributed by atoms with Gasteiger partial charge in [-0.15, -0.1) is 11.6 Å². The van der Waals surface area contributed by atoms with Crippen molar-refractivity contribution in [2.24, 2.45) is 0 Å². The molecule has 0 aromatic carbocycles. The van der Waals surface area contributed by atoms with Gasteiger partial charge in [-0.25, -0.2) is 13.1 Å². The molecule has 0 unspecified atom stereocenters. The Balaban J connectivity index is 2.20. The lowest BCUT2D eigenvalue weighted by molar-refractivity contribution is -0.120. The summed E-state index contributed by atoms with van der Waals surface area (Å²) in [5.74, 6) is -0.309. The van der Waals surface area contributed by atoms with Crippen LogP contribution in [0.1, 0.15) is 12.8 Å². The number of hydrogen-bond acceptors (Lipinski definition) is 3. The highest BCUT2D eigenvalue weighted by molar-refractivity contribution is 7.90. The van der Waals surface area contributed by atoms with E-state index in [0.29, 0.717) is 0 Å². The molecule has 1 aliphatic carbocycles. The maximum Gasteiger partial charge on any atom is 0.235 e. The molecule has 0 heterocycles. The number of alkyl halides is 1. The summed E-state index contributed by atoms with van der Waals surface area (Å²) < 4.78 is 23.6. The van der Waals surface area contributed by atoms with Crippen LogP contribution in [-0.4, -0.2) is 32.1 Å². The van der Waals surface area contributed by atoms with E-state index in [0.717, 1.165) is 12.8 Å². The summed E-state index contributed by atoms with van der Waals surface area (Å²) in [6.07, 6.45) is 1.96. The van der Waals surface area contributed by atoms with Gasteiger partial charge in [0.2, 0.25) is 15.9 Å². The Kier molecular flexibility index (Phi) is 3.52. The SMILES string of the molecule is O=C(CNS(=O)(=O)CCl)NC1CC1. The second-order valence-corrected chi connectivity index (χ2v) is 5.28. The van der Waals surface area contributed by atoms with Gasteiger partial charge in [0.25, 0.3) is 0 Å². The van der Waals surface area contributed by atoms with Gasteiger partial charge in [0.15, 0.2) is 0 Å². The van der Waals surface area contributed by atoms with Crippen molar-refractivity contribution in [3.05, 3.63) is 0 Å². The summed E-state index contributed by atoms with van der Waals surface area (Å²) in [6, 6.07) is 0.244. The molecule has 7 heteroatoms. The van der Waals surface area contributed by atoms with Gasteiger partial charge in [0.05, 0.1) is 6.54 Å². The number of nitrogens with one attached hydrogen (secondary N) is 2. The molecule has 1 saturated carbocycles. The Bertz CT molecular complexity index is 286. The van der Waals surface area contributed by atoms with E-state index >= 15 is 0 Å². The van der Waals surface area contributed by atoms with E-state index in [-0.39, 0.29) is 18.5 Å². The zero-order chi connectivity index (χ0) is 9.90. The van der Waals surface area contributed by atoms with Crippen molar-refractivity contribution in [3.8, 4) is 0 Å². The van der Waals surface area contributed by atoms with E-state index in [2.05, 4.69) is 10.0 Å². The third-order valence-electron chi connectivity index (χ3n) is 1.54. The lowest BCUT2D eigenvalue weighted by Gasteiger charge is -2.03. The highest BCUT2D eigenvalue weighted by Gasteiger charge is 2.23. The molecule has 0 spiro atoms. The van der Waals surface area contributed by atoms with Gasteiger partial charge in [-0.2, -0.15) is 0 Å². The van der Waals surface area contributed by atoms with Crippen LogP contribution in [0.3, 0.4) is 0 Å². The maximum atomic E-state index is 11.0. The Morgan fingerprint density at radius 3 is 2.54 bits per heavy atom. The first-order valence-corrected chi connectivity index (χ1v) is 6.05. The van der Waals surface area contributed by atoms with Crippen molar-refractivity contribution in [1.82, 2.24) is 10.0 Å². The second kappa shape index (κ2) is 4.26. The molecule has 1 fully saturated rings. The number of sulfonamides is 1.